The molecule has 0 saturated heterocycles. The number of nitrogens with one attached hydrogen (secondary N) is 1. The molecule has 0 spiro atoms. The standard InChI is InChI=1S/C21H17F3N4O2S.BrH/c1-2-25-20-28(26-10-14-5-3-4-6-15(14)21(22,23)24)17(12-31-20)13-7-8-18-16(9-13)27-19(29)11-30-18;/h3-10,12H,2,11H2,1H3,(H,27,29);1H. The van der Waals surface area contributed by atoms with Gasteiger partial charge in [-0.3, -0.25) is 9.79 Å². The molecule has 11 heteroatoms. The molecule has 0 atom stereocenters. The zero-order chi connectivity index (χ0) is 22.0. The third-order valence-electron chi connectivity index (χ3n) is 4.47. The molecule has 2 aromatic carbocycles. The molecule has 1 aliphatic rings. The largest absolute Gasteiger partial charge is 0.482 e. The fourth-order valence-corrected chi connectivity index (χ4v) is 3.98. The number of amides is 1. The molecule has 32 heavy (non-hydrogen) atoms. The van der Waals surface area contributed by atoms with Crippen molar-refractivity contribution in [3.63, 3.8) is 0 Å². The smallest absolute Gasteiger partial charge is 0.417 e. The van der Waals surface area contributed by atoms with Gasteiger partial charge in [-0.05, 0) is 31.2 Å². The van der Waals surface area contributed by atoms with Gasteiger partial charge in [0.2, 0.25) is 4.80 Å². The second-order valence-electron chi connectivity index (χ2n) is 6.57. The van der Waals surface area contributed by atoms with E-state index in [0.717, 1.165) is 6.07 Å². The summed E-state index contributed by atoms with van der Waals surface area (Å²) in [6.45, 7) is 2.30. The van der Waals surface area contributed by atoms with Crippen LogP contribution >= 0.6 is 28.3 Å². The first-order valence-corrected chi connectivity index (χ1v) is 10.2. The van der Waals surface area contributed by atoms with Crippen molar-refractivity contribution in [1.82, 2.24) is 4.68 Å². The van der Waals surface area contributed by atoms with Gasteiger partial charge >= 0.3 is 6.18 Å². The van der Waals surface area contributed by atoms with Gasteiger partial charge in [0.05, 0.1) is 23.2 Å². The minimum atomic E-state index is -4.49. The molecule has 6 nitrogen and oxygen atoms in total. The van der Waals surface area contributed by atoms with Gasteiger partial charge < -0.3 is 10.1 Å². The first-order valence-electron chi connectivity index (χ1n) is 9.35. The molecule has 1 N–H and O–H groups in total. The fourth-order valence-electron chi connectivity index (χ4n) is 3.08. The molecule has 1 aromatic heterocycles. The Hall–Kier alpha value is -2.92. The maximum atomic E-state index is 13.3. The zero-order valence-corrected chi connectivity index (χ0v) is 19.2. The number of hydrogen-bond donors (Lipinski definition) is 1. The number of ether oxygens (including phenoxy) is 1. The Labute approximate surface area is 195 Å². The third-order valence-corrected chi connectivity index (χ3v) is 5.32. The lowest BCUT2D eigenvalue weighted by atomic mass is 10.1. The van der Waals surface area contributed by atoms with E-state index in [-0.39, 0.29) is 35.1 Å². The predicted octanol–water partition coefficient (Wildman–Crippen LogP) is 4.95. The lowest BCUT2D eigenvalue weighted by Gasteiger charge is -2.18. The van der Waals surface area contributed by atoms with Gasteiger partial charge in [0, 0.05) is 23.1 Å². The second-order valence-corrected chi connectivity index (χ2v) is 7.40. The minimum absolute atomic E-state index is 0. The van der Waals surface area contributed by atoms with E-state index < -0.39 is 11.7 Å². The van der Waals surface area contributed by atoms with Crippen molar-refractivity contribution in [2.45, 2.75) is 13.1 Å². The molecule has 0 aliphatic carbocycles. The molecule has 0 radical (unpaired) electrons. The van der Waals surface area contributed by atoms with Gasteiger partial charge in [0.1, 0.15) is 5.75 Å². The van der Waals surface area contributed by atoms with Crippen molar-refractivity contribution in [2.75, 3.05) is 18.5 Å². The highest BCUT2D eigenvalue weighted by Crippen LogP contribution is 2.33. The average molecular weight is 527 g/mol. The Morgan fingerprint density at radius 3 is 2.78 bits per heavy atom. The lowest BCUT2D eigenvalue weighted by molar-refractivity contribution is -0.137. The molecule has 3 aromatic rings. The first-order chi connectivity index (χ1) is 14.9. The number of aromatic nitrogens is 1. The molecule has 0 bridgehead atoms. The van der Waals surface area contributed by atoms with Crippen molar-refractivity contribution < 1.29 is 22.7 Å². The molecule has 4 rings (SSSR count). The van der Waals surface area contributed by atoms with Crippen LogP contribution in [0, 0.1) is 0 Å². The molecular weight excluding hydrogens is 509 g/mol. The van der Waals surface area contributed by atoms with Crippen LogP contribution in [0.15, 0.2) is 57.9 Å². The second kappa shape index (κ2) is 9.70. The van der Waals surface area contributed by atoms with Gasteiger partial charge in [-0.2, -0.15) is 18.3 Å². The highest BCUT2D eigenvalue weighted by Gasteiger charge is 2.32. The number of thiazole rings is 1. The zero-order valence-electron chi connectivity index (χ0n) is 16.7. The van der Waals surface area contributed by atoms with E-state index >= 15 is 0 Å². The first kappa shape index (κ1) is 23.7. The van der Waals surface area contributed by atoms with Crippen LogP contribution in [0.4, 0.5) is 18.9 Å². The number of halogens is 4. The van der Waals surface area contributed by atoms with Crippen LogP contribution in [0.1, 0.15) is 18.1 Å². The monoisotopic (exact) mass is 526 g/mol. The summed E-state index contributed by atoms with van der Waals surface area (Å²) < 4.78 is 46.8. The maximum Gasteiger partial charge on any atom is 0.417 e. The van der Waals surface area contributed by atoms with Crippen LogP contribution in [-0.2, 0) is 11.0 Å². The molecule has 2 heterocycles. The van der Waals surface area contributed by atoms with E-state index in [1.165, 1.54) is 40.4 Å². The number of benzene rings is 2. The van der Waals surface area contributed by atoms with Gasteiger partial charge in [-0.25, -0.2) is 4.68 Å². The van der Waals surface area contributed by atoms with Gasteiger partial charge in [0.25, 0.3) is 5.91 Å². The van der Waals surface area contributed by atoms with Crippen LogP contribution in [0.2, 0.25) is 0 Å². The number of anilines is 1. The fraction of sp³-hybridized carbons (Fsp3) is 0.190. The Morgan fingerprint density at radius 1 is 1.25 bits per heavy atom. The van der Waals surface area contributed by atoms with Crippen LogP contribution in [0.3, 0.4) is 0 Å². The van der Waals surface area contributed by atoms with Crippen LogP contribution in [0.25, 0.3) is 11.3 Å². The Balaban J connectivity index is 0.00000289. The summed E-state index contributed by atoms with van der Waals surface area (Å²) in [5.41, 5.74) is 1.04. The summed E-state index contributed by atoms with van der Waals surface area (Å²) in [5, 5.41) is 8.88. The normalized spacial score (nSPS) is 14.0. The van der Waals surface area contributed by atoms with Crippen molar-refractivity contribution >= 4 is 46.1 Å². The number of carbonyl (C=O) groups excluding carboxylic acids is 1. The van der Waals surface area contributed by atoms with Crippen LogP contribution in [-0.4, -0.2) is 29.9 Å². The number of nitrogens with zero attached hydrogens (tertiary/aromatic N) is 3. The number of hydrogen-bond acceptors (Lipinski definition) is 5. The van der Waals surface area contributed by atoms with E-state index in [0.29, 0.717) is 34.0 Å². The van der Waals surface area contributed by atoms with Crippen LogP contribution in [0.5, 0.6) is 5.75 Å². The Morgan fingerprint density at radius 2 is 2.03 bits per heavy atom. The SMILES string of the molecule is Br.CCN=c1scc(-c2ccc3c(c2)NC(=O)CO3)n1N=Cc1ccccc1C(F)(F)F. The van der Waals surface area contributed by atoms with Crippen molar-refractivity contribution in [1.29, 1.82) is 0 Å². The minimum Gasteiger partial charge on any atom is -0.482 e. The van der Waals surface area contributed by atoms with Gasteiger partial charge in [-0.1, -0.05) is 18.2 Å². The number of fused-ring (bicyclic) bond motifs is 1. The molecule has 1 amide bonds. The highest BCUT2D eigenvalue weighted by molar-refractivity contribution is 8.93. The summed E-state index contributed by atoms with van der Waals surface area (Å²) in [7, 11) is 0. The van der Waals surface area contributed by atoms with E-state index in [9.17, 15) is 18.0 Å². The van der Waals surface area contributed by atoms with E-state index in [2.05, 4.69) is 15.4 Å². The third kappa shape index (κ3) is 4.94. The van der Waals surface area contributed by atoms with E-state index in [1.807, 2.05) is 12.3 Å². The van der Waals surface area contributed by atoms with Crippen molar-refractivity contribution in [2.24, 2.45) is 10.1 Å². The molecule has 168 valence electrons. The Bertz CT molecular complexity index is 1230. The molecule has 0 saturated carbocycles. The average Bonchev–Trinajstić information content (AvgIpc) is 3.14. The summed E-state index contributed by atoms with van der Waals surface area (Å²) in [6, 6.07) is 10.5. The van der Waals surface area contributed by atoms with E-state index in [1.54, 1.807) is 18.2 Å². The predicted molar refractivity (Wildman–Crippen MR) is 123 cm³/mol. The molecule has 0 unspecified atom stereocenters. The summed E-state index contributed by atoms with van der Waals surface area (Å²) in [6.07, 6.45) is -3.31. The highest BCUT2D eigenvalue weighted by atomic mass is 79.9. The summed E-state index contributed by atoms with van der Waals surface area (Å²) in [5.74, 6) is 0.289. The molecule has 1 aliphatic heterocycles. The number of alkyl halides is 3. The quantitative estimate of drug-likeness (QED) is 0.489. The maximum absolute atomic E-state index is 13.3. The Kier molecular flexibility index (Phi) is 7.19. The molecule has 0 fully saturated rings. The van der Waals surface area contributed by atoms with Gasteiger partial charge in [-0.15, -0.1) is 28.3 Å². The molecular formula is C21H18BrF3N4O2S. The van der Waals surface area contributed by atoms with Crippen LogP contribution < -0.4 is 14.9 Å². The number of carbonyl (C=O) groups is 1. The number of rotatable bonds is 4. The topological polar surface area (TPSA) is 68.0 Å². The lowest BCUT2D eigenvalue weighted by Crippen LogP contribution is -2.25. The van der Waals surface area contributed by atoms with Crippen molar-refractivity contribution in [3.8, 4) is 17.0 Å². The summed E-state index contributed by atoms with van der Waals surface area (Å²) in [4.78, 5) is 16.6. The van der Waals surface area contributed by atoms with Gasteiger partial charge in [0.15, 0.2) is 6.61 Å². The summed E-state index contributed by atoms with van der Waals surface area (Å²) >= 11 is 1.32. The van der Waals surface area contributed by atoms with Crippen molar-refractivity contribution in [3.05, 3.63) is 63.8 Å². The van der Waals surface area contributed by atoms with E-state index in [4.69, 9.17) is 4.74 Å².